The Morgan fingerprint density at radius 3 is 2.44 bits per heavy atom. The van der Waals surface area contributed by atoms with Crippen molar-refractivity contribution < 1.29 is 4.39 Å². The number of nitrogens with two attached hydrogens (primary N) is 1. The molecule has 41 heavy (non-hydrogen) atoms. The van der Waals surface area contributed by atoms with E-state index in [4.69, 9.17) is 5.73 Å². The summed E-state index contributed by atoms with van der Waals surface area (Å²) >= 11 is 0. The number of nitrogens with one attached hydrogen (secondary N) is 1. The highest BCUT2D eigenvalue weighted by Gasteiger charge is 2.30. The van der Waals surface area contributed by atoms with E-state index in [2.05, 4.69) is 65.0 Å². The van der Waals surface area contributed by atoms with Crippen molar-refractivity contribution in [2.75, 3.05) is 44.3 Å². The fraction of sp³-hybridized carbons (Fsp3) is 0.355. The number of rotatable bonds is 5. The van der Waals surface area contributed by atoms with Gasteiger partial charge in [0.15, 0.2) is 0 Å². The normalized spacial score (nSPS) is 20.5. The van der Waals surface area contributed by atoms with Crippen LogP contribution in [-0.2, 0) is 0 Å². The number of benzene rings is 2. The molecule has 3 aromatic heterocycles. The molecular formula is C31H34FN9. The largest absolute Gasteiger partial charge is 0.383 e. The van der Waals surface area contributed by atoms with Gasteiger partial charge in [0.05, 0.1) is 10.9 Å². The van der Waals surface area contributed by atoms with E-state index in [0.717, 1.165) is 59.2 Å². The topological polar surface area (TPSA) is 101 Å². The first kappa shape index (κ1) is 25.8. The molecule has 2 aromatic carbocycles. The SMILES string of the molecule is CN1CCN([C@H]2CC[C@@H](n3cc(-c4ccc(Nc5ncc6ccc(F)cc6n5)cc4)c4c(N)ncnc43)CC2)CC1. The molecule has 210 valence electrons. The van der Waals surface area contributed by atoms with Crippen LogP contribution in [0.25, 0.3) is 33.1 Å². The summed E-state index contributed by atoms with van der Waals surface area (Å²) in [6.07, 6.45) is 10.1. The fourth-order valence-corrected chi connectivity index (χ4v) is 6.41. The van der Waals surface area contributed by atoms with Crippen LogP contribution in [0.15, 0.2) is 61.2 Å². The van der Waals surface area contributed by atoms with Gasteiger partial charge in [-0.2, -0.15) is 0 Å². The molecule has 0 atom stereocenters. The summed E-state index contributed by atoms with van der Waals surface area (Å²) in [4.78, 5) is 22.9. The van der Waals surface area contributed by atoms with Crippen molar-refractivity contribution in [3.63, 3.8) is 0 Å². The molecule has 3 N–H and O–H groups in total. The van der Waals surface area contributed by atoms with Crippen LogP contribution in [0.2, 0.25) is 0 Å². The Morgan fingerprint density at radius 2 is 1.66 bits per heavy atom. The highest BCUT2D eigenvalue weighted by molar-refractivity contribution is 6.00. The molecule has 2 fully saturated rings. The van der Waals surface area contributed by atoms with Gasteiger partial charge < -0.3 is 20.5 Å². The minimum atomic E-state index is -0.322. The maximum Gasteiger partial charge on any atom is 0.227 e. The van der Waals surface area contributed by atoms with Crippen molar-refractivity contribution in [1.29, 1.82) is 0 Å². The van der Waals surface area contributed by atoms with Gasteiger partial charge in [-0.05, 0) is 62.6 Å². The monoisotopic (exact) mass is 551 g/mol. The maximum atomic E-state index is 13.7. The number of nitrogens with zero attached hydrogens (tertiary/aromatic N) is 7. The highest BCUT2D eigenvalue weighted by atomic mass is 19.1. The smallest absolute Gasteiger partial charge is 0.227 e. The molecule has 9 nitrogen and oxygen atoms in total. The van der Waals surface area contributed by atoms with Gasteiger partial charge in [0, 0.05) is 73.4 Å². The Bertz CT molecular complexity index is 1680. The van der Waals surface area contributed by atoms with Crippen molar-refractivity contribution in [3.05, 3.63) is 67.0 Å². The van der Waals surface area contributed by atoms with E-state index in [0.29, 0.717) is 29.4 Å². The summed E-state index contributed by atoms with van der Waals surface area (Å²) in [5, 5.41) is 4.91. The van der Waals surface area contributed by atoms with E-state index in [1.165, 1.54) is 38.1 Å². The fourth-order valence-electron chi connectivity index (χ4n) is 6.41. The number of halogens is 1. The zero-order chi connectivity index (χ0) is 27.9. The van der Waals surface area contributed by atoms with Crippen LogP contribution in [-0.4, -0.2) is 73.6 Å². The third kappa shape index (κ3) is 5.09. The van der Waals surface area contributed by atoms with Gasteiger partial charge in [0.2, 0.25) is 5.95 Å². The Hall–Kier alpha value is -4.15. The molecule has 1 saturated heterocycles. The van der Waals surface area contributed by atoms with E-state index in [9.17, 15) is 4.39 Å². The molecule has 4 heterocycles. The first-order valence-corrected chi connectivity index (χ1v) is 14.4. The Labute approximate surface area is 238 Å². The van der Waals surface area contributed by atoms with Crippen molar-refractivity contribution >= 4 is 39.4 Å². The van der Waals surface area contributed by atoms with Crippen molar-refractivity contribution in [1.82, 2.24) is 34.3 Å². The van der Waals surface area contributed by atoms with Crippen LogP contribution in [0.4, 0.5) is 21.8 Å². The summed E-state index contributed by atoms with van der Waals surface area (Å²) in [5.41, 5.74) is 10.8. The third-order valence-corrected chi connectivity index (χ3v) is 8.75. The molecule has 1 saturated carbocycles. The summed E-state index contributed by atoms with van der Waals surface area (Å²) in [7, 11) is 2.21. The maximum absolute atomic E-state index is 13.7. The average Bonchev–Trinajstić information content (AvgIpc) is 3.39. The Balaban J connectivity index is 1.12. The zero-order valence-electron chi connectivity index (χ0n) is 23.2. The third-order valence-electron chi connectivity index (χ3n) is 8.75. The molecule has 5 aromatic rings. The second-order valence-electron chi connectivity index (χ2n) is 11.3. The van der Waals surface area contributed by atoms with Crippen molar-refractivity contribution in [2.45, 2.75) is 37.8 Å². The van der Waals surface area contributed by atoms with E-state index in [1.807, 2.05) is 12.1 Å². The van der Waals surface area contributed by atoms with E-state index in [-0.39, 0.29) is 5.82 Å². The van der Waals surface area contributed by atoms with E-state index < -0.39 is 0 Å². The summed E-state index contributed by atoms with van der Waals surface area (Å²) in [6.45, 7) is 4.65. The predicted molar refractivity (Wildman–Crippen MR) is 161 cm³/mol. The molecule has 0 bridgehead atoms. The molecular weight excluding hydrogens is 517 g/mol. The number of piperazine rings is 1. The van der Waals surface area contributed by atoms with Gasteiger partial charge in [-0.25, -0.2) is 24.3 Å². The molecule has 0 amide bonds. The van der Waals surface area contributed by atoms with E-state index in [1.54, 1.807) is 18.6 Å². The van der Waals surface area contributed by atoms with Gasteiger partial charge in [0.1, 0.15) is 23.6 Å². The van der Waals surface area contributed by atoms with Gasteiger partial charge >= 0.3 is 0 Å². The molecule has 2 aliphatic rings. The lowest BCUT2D eigenvalue weighted by molar-refractivity contribution is 0.0828. The van der Waals surface area contributed by atoms with Crippen molar-refractivity contribution in [2.24, 2.45) is 0 Å². The first-order chi connectivity index (χ1) is 20.0. The molecule has 0 spiro atoms. The second kappa shape index (κ2) is 10.7. The molecule has 1 aliphatic heterocycles. The number of nitrogen functional groups attached to an aromatic ring is 1. The molecule has 10 heteroatoms. The molecule has 1 aliphatic carbocycles. The summed E-state index contributed by atoms with van der Waals surface area (Å²) in [5.74, 6) is 0.586. The average molecular weight is 552 g/mol. The van der Waals surface area contributed by atoms with Crippen LogP contribution in [0.5, 0.6) is 0 Å². The minimum Gasteiger partial charge on any atom is -0.383 e. The summed E-state index contributed by atoms with van der Waals surface area (Å²) < 4.78 is 16.0. The number of fused-ring (bicyclic) bond motifs is 2. The van der Waals surface area contributed by atoms with Crippen LogP contribution >= 0.6 is 0 Å². The van der Waals surface area contributed by atoms with Gasteiger partial charge in [-0.15, -0.1) is 0 Å². The minimum absolute atomic E-state index is 0.322. The number of likely N-dealkylation sites (N-methyl/N-ethyl adjacent to an activating group) is 1. The Kier molecular flexibility index (Phi) is 6.72. The highest BCUT2D eigenvalue weighted by Crippen LogP contribution is 2.39. The molecule has 0 radical (unpaired) electrons. The number of anilines is 3. The lowest BCUT2D eigenvalue weighted by Gasteiger charge is -2.41. The van der Waals surface area contributed by atoms with Crippen LogP contribution < -0.4 is 11.1 Å². The predicted octanol–water partition coefficient (Wildman–Crippen LogP) is 5.24. The Morgan fingerprint density at radius 1 is 0.902 bits per heavy atom. The lowest BCUT2D eigenvalue weighted by atomic mass is 9.89. The van der Waals surface area contributed by atoms with Gasteiger partial charge in [-0.3, -0.25) is 4.90 Å². The van der Waals surface area contributed by atoms with Crippen molar-refractivity contribution in [3.8, 4) is 11.1 Å². The number of hydrogen-bond acceptors (Lipinski definition) is 8. The second-order valence-corrected chi connectivity index (χ2v) is 11.3. The number of aromatic nitrogens is 5. The lowest BCUT2D eigenvalue weighted by Crippen LogP contribution is -2.49. The number of hydrogen-bond donors (Lipinski definition) is 2. The summed E-state index contributed by atoms with van der Waals surface area (Å²) in [6, 6.07) is 13.6. The van der Waals surface area contributed by atoms with Crippen LogP contribution in [0.1, 0.15) is 31.7 Å². The quantitative estimate of drug-likeness (QED) is 0.306. The molecule has 0 unspecified atom stereocenters. The van der Waals surface area contributed by atoms with Gasteiger partial charge in [0.25, 0.3) is 0 Å². The standard InChI is InChI=1S/C31H34FN9/c1-39-12-14-40(15-13-39)24-8-10-25(11-9-24)41-18-26(28-29(33)35-19-36-30(28)41)20-3-6-23(7-4-20)37-31-34-17-21-2-5-22(32)16-27(21)38-31/h2-7,16-19,24-25H,8-15H2,1H3,(H2,33,35,36)(H,34,37,38)/t24-,25+. The van der Waals surface area contributed by atoms with Gasteiger partial charge in [-0.1, -0.05) is 12.1 Å². The van der Waals surface area contributed by atoms with E-state index >= 15 is 0 Å². The van der Waals surface area contributed by atoms with Crippen LogP contribution in [0, 0.1) is 5.82 Å². The van der Waals surface area contributed by atoms with Crippen LogP contribution in [0.3, 0.4) is 0 Å². The first-order valence-electron chi connectivity index (χ1n) is 14.4. The molecule has 7 rings (SSSR count). The zero-order valence-corrected chi connectivity index (χ0v) is 23.2.